The van der Waals surface area contributed by atoms with Crippen molar-refractivity contribution in [2.75, 3.05) is 19.8 Å². The fourth-order valence-electron chi connectivity index (χ4n) is 4.10. The Bertz CT molecular complexity index is 1190. The van der Waals surface area contributed by atoms with Gasteiger partial charge in [0.2, 0.25) is 0 Å². The van der Waals surface area contributed by atoms with Crippen LogP contribution in [0.2, 0.25) is 0 Å². The molecule has 39 heavy (non-hydrogen) atoms. The van der Waals surface area contributed by atoms with Gasteiger partial charge in [0.15, 0.2) is 0 Å². The van der Waals surface area contributed by atoms with Crippen LogP contribution in [0.1, 0.15) is 48.7 Å². The van der Waals surface area contributed by atoms with E-state index in [-0.39, 0.29) is 19.8 Å². The van der Waals surface area contributed by atoms with Crippen LogP contribution in [0.4, 0.5) is 18.0 Å². The van der Waals surface area contributed by atoms with Gasteiger partial charge in [-0.2, -0.15) is 13.2 Å². The van der Waals surface area contributed by atoms with E-state index in [4.69, 9.17) is 14.2 Å². The zero-order chi connectivity index (χ0) is 28.8. The highest BCUT2D eigenvalue weighted by atomic mass is 19.4. The predicted molar refractivity (Wildman–Crippen MR) is 132 cm³/mol. The van der Waals surface area contributed by atoms with Crippen molar-refractivity contribution in [3.63, 3.8) is 0 Å². The standard InChI is InChI=1S/C26H30F3N3O7/c1-24(2)32(23(35)36)25(3,16-39-24)22(34)31-30-21(33)18-10-11-20(19(14-18)26(27,28)29)38-13-7-12-37-15-17-8-5-4-6-9-17/h4-6,8-11,14H,7,12-13,15-16H2,1-3H3,(H,30,33)(H,31,34)(H,35,36). The maximum atomic E-state index is 13.7. The predicted octanol–water partition coefficient (Wildman–Crippen LogP) is 3.96. The second-order valence-corrected chi connectivity index (χ2v) is 9.48. The van der Waals surface area contributed by atoms with Crippen LogP contribution < -0.4 is 15.6 Å². The van der Waals surface area contributed by atoms with Crippen LogP contribution in [0.5, 0.6) is 5.75 Å². The van der Waals surface area contributed by atoms with Gasteiger partial charge in [-0.3, -0.25) is 25.3 Å². The van der Waals surface area contributed by atoms with Gasteiger partial charge < -0.3 is 19.3 Å². The number of halogens is 3. The van der Waals surface area contributed by atoms with Gasteiger partial charge in [0.1, 0.15) is 17.0 Å². The largest absolute Gasteiger partial charge is 0.493 e. The molecule has 3 rings (SSSR count). The molecule has 1 aliphatic rings. The Labute approximate surface area is 223 Å². The summed E-state index contributed by atoms with van der Waals surface area (Å²) in [5.74, 6) is -2.42. The number of hydrazine groups is 1. The molecule has 212 valence electrons. The van der Waals surface area contributed by atoms with Gasteiger partial charge in [-0.15, -0.1) is 0 Å². The lowest BCUT2D eigenvalue weighted by atomic mass is 10.0. The summed E-state index contributed by atoms with van der Waals surface area (Å²) in [6.07, 6.45) is -5.90. The molecule has 1 saturated heterocycles. The summed E-state index contributed by atoms with van der Waals surface area (Å²) >= 11 is 0. The van der Waals surface area contributed by atoms with Crippen LogP contribution in [-0.2, 0) is 27.1 Å². The van der Waals surface area contributed by atoms with Gasteiger partial charge in [-0.05, 0) is 44.5 Å². The van der Waals surface area contributed by atoms with Crippen molar-refractivity contribution in [1.82, 2.24) is 15.8 Å². The number of nitrogens with one attached hydrogen (secondary N) is 2. The zero-order valence-electron chi connectivity index (χ0n) is 21.6. The second kappa shape index (κ2) is 11.9. The van der Waals surface area contributed by atoms with Crippen molar-refractivity contribution < 1.29 is 46.9 Å². The Morgan fingerprint density at radius 1 is 1.05 bits per heavy atom. The molecule has 1 atom stereocenters. The molecule has 2 aromatic rings. The average molecular weight is 554 g/mol. The Morgan fingerprint density at radius 3 is 2.38 bits per heavy atom. The number of nitrogens with zero attached hydrogens (tertiary/aromatic N) is 1. The van der Waals surface area contributed by atoms with Crippen molar-refractivity contribution in [2.45, 2.75) is 51.2 Å². The Hall–Kier alpha value is -3.84. The first-order valence-electron chi connectivity index (χ1n) is 12.0. The molecule has 0 saturated carbocycles. The molecule has 0 aliphatic carbocycles. The van der Waals surface area contributed by atoms with Crippen LogP contribution >= 0.6 is 0 Å². The van der Waals surface area contributed by atoms with Gasteiger partial charge >= 0.3 is 12.3 Å². The smallest absolute Gasteiger partial charge is 0.419 e. The molecule has 1 heterocycles. The highest BCUT2D eigenvalue weighted by Gasteiger charge is 2.56. The minimum absolute atomic E-state index is 0.0451. The lowest BCUT2D eigenvalue weighted by molar-refractivity contribution is -0.139. The quantitative estimate of drug-likeness (QED) is 0.317. The van der Waals surface area contributed by atoms with E-state index >= 15 is 0 Å². The van der Waals surface area contributed by atoms with Crippen molar-refractivity contribution in [3.8, 4) is 5.75 Å². The van der Waals surface area contributed by atoms with E-state index in [0.717, 1.165) is 22.6 Å². The van der Waals surface area contributed by atoms with Crippen LogP contribution in [0, 0.1) is 0 Å². The Morgan fingerprint density at radius 2 is 1.74 bits per heavy atom. The van der Waals surface area contributed by atoms with Crippen molar-refractivity contribution in [3.05, 3.63) is 65.2 Å². The summed E-state index contributed by atoms with van der Waals surface area (Å²) < 4.78 is 57.3. The minimum Gasteiger partial charge on any atom is -0.493 e. The summed E-state index contributed by atoms with van der Waals surface area (Å²) in [4.78, 5) is 37.8. The average Bonchev–Trinajstić information content (AvgIpc) is 3.14. The summed E-state index contributed by atoms with van der Waals surface area (Å²) in [5, 5.41) is 9.53. The minimum atomic E-state index is -4.82. The number of rotatable bonds is 9. The zero-order valence-corrected chi connectivity index (χ0v) is 21.6. The molecule has 2 aromatic carbocycles. The lowest BCUT2D eigenvalue weighted by Crippen LogP contribution is -2.63. The molecule has 0 radical (unpaired) electrons. The van der Waals surface area contributed by atoms with Crippen molar-refractivity contribution in [2.24, 2.45) is 0 Å². The number of amides is 3. The van der Waals surface area contributed by atoms with Gasteiger partial charge in [0.25, 0.3) is 11.8 Å². The van der Waals surface area contributed by atoms with E-state index < -0.39 is 52.2 Å². The van der Waals surface area contributed by atoms with Crippen LogP contribution in [-0.4, -0.2) is 59.0 Å². The van der Waals surface area contributed by atoms with E-state index in [0.29, 0.717) is 19.1 Å². The van der Waals surface area contributed by atoms with Crippen LogP contribution in [0.15, 0.2) is 48.5 Å². The molecule has 1 aliphatic heterocycles. The molecule has 1 fully saturated rings. The third-order valence-corrected chi connectivity index (χ3v) is 6.06. The third kappa shape index (κ3) is 7.18. The van der Waals surface area contributed by atoms with E-state index in [9.17, 15) is 32.7 Å². The van der Waals surface area contributed by atoms with Crippen LogP contribution in [0.3, 0.4) is 0 Å². The van der Waals surface area contributed by atoms with Crippen LogP contribution in [0.25, 0.3) is 0 Å². The first-order chi connectivity index (χ1) is 18.3. The number of benzene rings is 2. The molecule has 0 bridgehead atoms. The number of carbonyl (C=O) groups is 3. The summed E-state index contributed by atoms with van der Waals surface area (Å²) in [5.41, 5.74) is 0.503. The maximum absolute atomic E-state index is 13.7. The molecular weight excluding hydrogens is 523 g/mol. The third-order valence-electron chi connectivity index (χ3n) is 6.06. The highest BCUT2D eigenvalue weighted by Crippen LogP contribution is 2.37. The van der Waals surface area contributed by atoms with Gasteiger partial charge in [0.05, 0.1) is 32.0 Å². The van der Waals surface area contributed by atoms with Crippen molar-refractivity contribution in [1.29, 1.82) is 0 Å². The van der Waals surface area contributed by atoms with E-state index in [2.05, 4.69) is 5.43 Å². The molecule has 3 N–H and O–H groups in total. The van der Waals surface area contributed by atoms with Crippen molar-refractivity contribution >= 4 is 17.9 Å². The topological polar surface area (TPSA) is 126 Å². The maximum Gasteiger partial charge on any atom is 0.419 e. The van der Waals surface area contributed by atoms with Gasteiger partial charge in [0, 0.05) is 12.0 Å². The number of carboxylic acid groups (broad SMARTS) is 1. The Balaban J connectivity index is 1.58. The molecule has 13 heteroatoms. The molecule has 0 aromatic heterocycles. The molecule has 0 spiro atoms. The second-order valence-electron chi connectivity index (χ2n) is 9.48. The summed E-state index contributed by atoms with van der Waals surface area (Å²) in [6.45, 7) is 4.52. The molecule has 3 amide bonds. The lowest BCUT2D eigenvalue weighted by Gasteiger charge is -2.36. The SMILES string of the molecule is CC1(C)OCC(C)(C(=O)NNC(=O)c2ccc(OCCCOCc3ccccc3)c(C(F)(F)F)c2)N1C(=O)O. The first-order valence-corrected chi connectivity index (χ1v) is 12.0. The van der Waals surface area contributed by atoms with E-state index in [1.807, 2.05) is 35.8 Å². The number of ether oxygens (including phenoxy) is 3. The summed E-state index contributed by atoms with van der Waals surface area (Å²) in [7, 11) is 0. The molecule has 10 nitrogen and oxygen atoms in total. The normalized spacial score (nSPS) is 18.5. The Kier molecular flexibility index (Phi) is 9.07. The van der Waals surface area contributed by atoms with Gasteiger partial charge in [-0.1, -0.05) is 30.3 Å². The fraction of sp³-hybridized carbons (Fsp3) is 0.423. The molecular formula is C26H30F3N3O7. The number of hydrogen-bond donors (Lipinski definition) is 3. The number of alkyl halides is 3. The fourth-order valence-corrected chi connectivity index (χ4v) is 4.10. The number of carbonyl (C=O) groups excluding carboxylic acids is 2. The van der Waals surface area contributed by atoms with E-state index in [1.165, 1.54) is 20.8 Å². The summed E-state index contributed by atoms with van der Waals surface area (Å²) in [6, 6.07) is 12.1. The monoisotopic (exact) mass is 553 g/mol. The number of hydrogen-bond acceptors (Lipinski definition) is 6. The highest BCUT2D eigenvalue weighted by molar-refractivity contribution is 5.97. The van der Waals surface area contributed by atoms with Gasteiger partial charge in [-0.25, -0.2) is 4.79 Å². The van der Waals surface area contributed by atoms with E-state index in [1.54, 1.807) is 0 Å². The molecule has 1 unspecified atom stereocenters. The first kappa shape index (κ1) is 29.7.